The molecule has 0 saturated carbocycles. The summed E-state index contributed by atoms with van der Waals surface area (Å²) in [6.07, 6.45) is 0. The molecular formula is C21H25O10P. The van der Waals surface area contributed by atoms with Gasteiger partial charge in [-0.25, -0.2) is 0 Å². The van der Waals surface area contributed by atoms with Gasteiger partial charge in [-0.3, -0.25) is 18.9 Å². The molecule has 10 nitrogen and oxygen atoms in total. The number of furan rings is 1. The fourth-order valence-electron chi connectivity index (χ4n) is 3.37. The zero-order valence-electron chi connectivity index (χ0n) is 18.6. The Balaban J connectivity index is 3.06. The predicted octanol–water partition coefficient (Wildman–Crippen LogP) is 3.66. The third kappa shape index (κ3) is 4.34. The highest BCUT2D eigenvalue weighted by molar-refractivity contribution is 7.55. The Morgan fingerprint density at radius 1 is 1.03 bits per heavy atom. The molecule has 0 bridgehead atoms. The van der Waals surface area contributed by atoms with E-state index in [4.69, 9.17) is 22.9 Å². The van der Waals surface area contributed by atoms with Gasteiger partial charge in [0.2, 0.25) is 0 Å². The van der Waals surface area contributed by atoms with Crippen molar-refractivity contribution in [1.82, 2.24) is 0 Å². The molecule has 0 unspecified atom stereocenters. The Morgan fingerprint density at radius 3 is 2.03 bits per heavy atom. The number of methoxy groups -OCH3 is 2. The van der Waals surface area contributed by atoms with Gasteiger partial charge in [-0.15, -0.1) is 0 Å². The standard InChI is InChI=1S/C21H25O10P/c1-10(2)14-9-12-8-13(11(3)22)17(23)15(18(12)31-14)16(20(24)27-4)19(21(25)28-5)32(26,29-6)30-7/h8-9,16,19,23H,1H2,2-7H3/t16-,19-/m1/s1. The van der Waals surface area contributed by atoms with Crippen LogP contribution in [-0.4, -0.2) is 56.9 Å². The zero-order chi connectivity index (χ0) is 24.4. The van der Waals surface area contributed by atoms with E-state index in [9.17, 15) is 24.1 Å². The number of carbonyl (C=O) groups is 3. The number of benzene rings is 1. The lowest BCUT2D eigenvalue weighted by molar-refractivity contribution is -0.149. The average Bonchev–Trinajstić information content (AvgIpc) is 3.20. The Labute approximate surface area is 184 Å². The van der Waals surface area contributed by atoms with Crippen LogP contribution in [0.25, 0.3) is 16.5 Å². The van der Waals surface area contributed by atoms with E-state index in [0.717, 1.165) is 28.4 Å². The molecule has 11 heteroatoms. The van der Waals surface area contributed by atoms with Crippen molar-refractivity contribution in [1.29, 1.82) is 0 Å². The van der Waals surface area contributed by atoms with Crippen LogP contribution in [0, 0.1) is 0 Å². The van der Waals surface area contributed by atoms with Crippen molar-refractivity contribution in [3.8, 4) is 5.75 Å². The Kier molecular flexibility index (Phi) is 7.66. The van der Waals surface area contributed by atoms with Gasteiger partial charge in [-0.2, -0.15) is 0 Å². The summed E-state index contributed by atoms with van der Waals surface area (Å²) in [7, 11) is -0.211. The monoisotopic (exact) mass is 468 g/mol. The quantitative estimate of drug-likeness (QED) is 0.329. The van der Waals surface area contributed by atoms with E-state index in [1.807, 2.05) is 0 Å². The lowest BCUT2D eigenvalue weighted by atomic mass is 9.90. The summed E-state index contributed by atoms with van der Waals surface area (Å²) >= 11 is 0. The molecule has 0 amide bonds. The highest BCUT2D eigenvalue weighted by Crippen LogP contribution is 2.58. The molecule has 1 heterocycles. The number of phenols is 1. The molecular weight excluding hydrogens is 443 g/mol. The number of carbonyl (C=O) groups excluding carboxylic acids is 3. The summed E-state index contributed by atoms with van der Waals surface area (Å²) in [4.78, 5) is 37.9. The molecule has 1 aromatic heterocycles. The second-order valence-electron chi connectivity index (χ2n) is 6.93. The summed E-state index contributed by atoms with van der Waals surface area (Å²) in [5, 5.41) is 11.3. The molecule has 1 aromatic carbocycles. The van der Waals surface area contributed by atoms with Gasteiger partial charge in [-0.1, -0.05) is 6.58 Å². The van der Waals surface area contributed by atoms with Gasteiger partial charge < -0.3 is 28.0 Å². The van der Waals surface area contributed by atoms with Gasteiger partial charge in [0.05, 0.1) is 25.3 Å². The molecule has 1 N–H and O–H groups in total. The molecule has 0 spiro atoms. The number of aromatic hydroxyl groups is 1. The van der Waals surface area contributed by atoms with Crippen LogP contribution >= 0.6 is 7.60 Å². The second kappa shape index (κ2) is 9.68. The summed E-state index contributed by atoms with van der Waals surface area (Å²) in [6, 6.07) is 2.93. The molecule has 0 fully saturated rings. The maximum absolute atomic E-state index is 13.3. The number of allylic oxidation sites excluding steroid dienone is 1. The number of hydrogen-bond donors (Lipinski definition) is 1. The molecule has 0 aliphatic heterocycles. The highest BCUT2D eigenvalue weighted by Gasteiger charge is 2.52. The first-order chi connectivity index (χ1) is 15.0. The second-order valence-corrected chi connectivity index (χ2v) is 9.29. The van der Waals surface area contributed by atoms with Crippen LogP contribution in [0.4, 0.5) is 0 Å². The summed E-state index contributed by atoms with van der Waals surface area (Å²) in [5.41, 5.74) is -1.84. The number of hydrogen-bond acceptors (Lipinski definition) is 10. The van der Waals surface area contributed by atoms with Crippen molar-refractivity contribution in [2.45, 2.75) is 25.4 Å². The predicted molar refractivity (Wildman–Crippen MR) is 115 cm³/mol. The van der Waals surface area contributed by atoms with Crippen molar-refractivity contribution in [2.24, 2.45) is 0 Å². The largest absolute Gasteiger partial charge is 0.507 e. The number of ketones is 1. The van der Waals surface area contributed by atoms with E-state index < -0.39 is 42.6 Å². The smallest absolute Gasteiger partial charge is 0.345 e. The molecule has 0 aliphatic rings. The van der Waals surface area contributed by atoms with E-state index in [1.165, 1.54) is 13.0 Å². The van der Waals surface area contributed by atoms with Gasteiger partial charge in [0.15, 0.2) is 11.4 Å². The first kappa shape index (κ1) is 25.3. The van der Waals surface area contributed by atoms with Gasteiger partial charge in [-0.05, 0) is 31.6 Å². The number of esters is 2. The first-order valence-corrected chi connectivity index (χ1v) is 10.9. The maximum Gasteiger partial charge on any atom is 0.345 e. The van der Waals surface area contributed by atoms with Crippen LogP contribution < -0.4 is 0 Å². The minimum atomic E-state index is -4.33. The van der Waals surface area contributed by atoms with Crippen LogP contribution in [0.1, 0.15) is 41.4 Å². The van der Waals surface area contributed by atoms with E-state index in [0.29, 0.717) is 16.7 Å². The molecule has 0 radical (unpaired) electrons. The summed E-state index contributed by atoms with van der Waals surface area (Å²) in [5.74, 6) is -4.83. The molecule has 2 aromatic rings. The molecule has 174 valence electrons. The number of phenolic OH excluding ortho intramolecular Hbond substituents is 1. The fourth-order valence-corrected chi connectivity index (χ4v) is 4.97. The first-order valence-electron chi connectivity index (χ1n) is 9.30. The van der Waals surface area contributed by atoms with Crippen LogP contribution in [-0.2, 0) is 32.7 Å². The Hall–Kier alpha value is -2.94. The summed E-state index contributed by atoms with van der Waals surface area (Å²) in [6.45, 7) is 6.68. The fraction of sp³-hybridized carbons (Fsp3) is 0.381. The van der Waals surface area contributed by atoms with Crippen molar-refractivity contribution >= 4 is 41.9 Å². The molecule has 2 rings (SSSR count). The van der Waals surface area contributed by atoms with E-state index in [1.54, 1.807) is 13.0 Å². The average molecular weight is 468 g/mol. The maximum atomic E-state index is 13.3. The van der Waals surface area contributed by atoms with Gasteiger partial charge in [0.1, 0.15) is 23.0 Å². The minimum absolute atomic E-state index is 0.0337. The minimum Gasteiger partial charge on any atom is -0.507 e. The number of rotatable bonds is 9. The van der Waals surface area contributed by atoms with Gasteiger partial charge in [0, 0.05) is 19.6 Å². The number of ether oxygens (including phenoxy) is 2. The van der Waals surface area contributed by atoms with Gasteiger partial charge in [0.25, 0.3) is 0 Å². The van der Waals surface area contributed by atoms with E-state index >= 15 is 0 Å². The zero-order valence-corrected chi connectivity index (χ0v) is 19.5. The third-order valence-electron chi connectivity index (χ3n) is 4.99. The van der Waals surface area contributed by atoms with Crippen LogP contribution in [0.3, 0.4) is 0 Å². The van der Waals surface area contributed by atoms with Crippen LogP contribution in [0.5, 0.6) is 5.75 Å². The van der Waals surface area contributed by atoms with E-state index in [2.05, 4.69) is 6.58 Å². The van der Waals surface area contributed by atoms with Crippen molar-refractivity contribution in [3.63, 3.8) is 0 Å². The molecule has 0 saturated heterocycles. The number of Topliss-reactive ketones (excluding diaryl/α,β-unsaturated/α-hetero) is 1. The highest BCUT2D eigenvalue weighted by atomic mass is 31.2. The SMILES string of the molecule is C=C(C)c1cc2cc(C(C)=O)c(O)c([C@@H](C(=O)OC)[C@H](C(=O)OC)P(=O)(OC)OC)c2o1. The normalized spacial score (nSPS) is 13.4. The van der Waals surface area contributed by atoms with Crippen molar-refractivity contribution in [3.05, 3.63) is 35.6 Å². The third-order valence-corrected chi connectivity index (χ3v) is 7.20. The Bertz CT molecular complexity index is 1120. The molecule has 2 atom stereocenters. The topological polar surface area (TPSA) is 139 Å². The lowest BCUT2D eigenvalue weighted by Crippen LogP contribution is -2.36. The van der Waals surface area contributed by atoms with Crippen molar-refractivity contribution < 1.29 is 47.0 Å². The molecule has 0 aliphatic carbocycles. The number of fused-ring (bicyclic) bond motifs is 1. The van der Waals surface area contributed by atoms with Crippen molar-refractivity contribution in [2.75, 3.05) is 28.4 Å². The lowest BCUT2D eigenvalue weighted by Gasteiger charge is -2.28. The molecule has 32 heavy (non-hydrogen) atoms. The Morgan fingerprint density at radius 2 is 1.59 bits per heavy atom. The van der Waals surface area contributed by atoms with Crippen LogP contribution in [0.15, 0.2) is 23.1 Å². The van der Waals surface area contributed by atoms with Crippen LogP contribution in [0.2, 0.25) is 0 Å². The van der Waals surface area contributed by atoms with Gasteiger partial charge >= 0.3 is 19.5 Å². The summed E-state index contributed by atoms with van der Waals surface area (Å²) < 4.78 is 38.7. The van der Waals surface area contributed by atoms with E-state index in [-0.39, 0.29) is 16.7 Å².